The Morgan fingerprint density at radius 2 is 1.45 bits per heavy atom. The second-order valence-corrected chi connectivity index (χ2v) is 5.65. The summed E-state index contributed by atoms with van der Waals surface area (Å²) in [5.74, 6) is -0.295. The molecule has 1 unspecified atom stereocenters. The van der Waals surface area contributed by atoms with Crippen molar-refractivity contribution in [1.82, 2.24) is 0 Å². The Bertz CT molecular complexity index is 351. The SMILES string of the molecule is CCCCCCCCCCCC(O)c1ccccc1F. The van der Waals surface area contributed by atoms with Gasteiger partial charge >= 0.3 is 0 Å². The quantitative estimate of drug-likeness (QED) is 0.509. The summed E-state index contributed by atoms with van der Waals surface area (Å²) in [6, 6.07) is 6.52. The maximum atomic E-state index is 13.5. The van der Waals surface area contributed by atoms with E-state index in [2.05, 4.69) is 6.92 Å². The Labute approximate surface area is 123 Å². The fourth-order valence-corrected chi connectivity index (χ4v) is 2.55. The maximum Gasteiger partial charge on any atom is 0.128 e. The van der Waals surface area contributed by atoms with Crippen LogP contribution in [0.5, 0.6) is 0 Å². The average molecular weight is 280 g/mol. The van der Waals surface area contributed by atoms with Crippen LogP contribution in [0.3, 0.4) is 0 Å². The third kappa shape index (κ3) is 7.04. The van der Waals surface area contributed by atoms with Crippen molar-refractivity contribution in [3.8, 4) is 0 Å². The van der Waals surface area contributed by atoms with Crippen LogP contribution in [0.1, 0.15) is 82.8 Å². The van der Waals surface area contributed by atoms with Crippen molar-refractivity contribution in [2.24, 2.45) is 0 Å². The minimum Gasteiger partial charge on any atom is -0.388 e. The number of hydrogen-bond acceptors (Lipinski definition) is 1. The molecule has 1 nitrogen and oxygen atoms in total. The molecule has 1 atom stereocenters. The minimum absolute atomic E-state index is 0.295. The normalized spacial score (nSPS) is 12.6. The number of unbranched alkanes of at least 4 members (excludes halogenated alkanes) is 8. The van der Waals surface area contributed by atoms with E-state index in [1.165, 1.54) is 51.0 Å². The van der Waals surface area contributed by atoms with Gasteiger partial charge in [0, 0.05) is 5.56 Å². The molecule has 1 N–H and O–H groups in total. The van der Waals surface area contributed by atoms with Gasteiger partial charge in [-0.05, 0) is 12.5 Å². The second-order valence-electron chi connectivity index (χ2n) is 5.65. The van der Waals surface area contributed by atoms with Gasteiger partial charge in [-0.1, -0.05) is 82.9 Å². The van der Waals surface area contributed by atoms with Crippen molar-refractivity contribution >= 4 is 0 Å². The van der Waals surface area contributed by atoms with Gasteiger partial charge in [-0.25, -0.2) is 4.39 Å². The Hall–Kier alpha value is -0.890. The highest BCUT2D eigenvalue weighted by atomic mass is 19.1. The van der Waals surface area contributed by atoms with Gasteiger partial charge in [-0.15, -0.1) is 0 Å². The third-order valence-corrected chi connectivity index (χ3v) is 3.85. The Morgan fingerprint density at radius 3 is 2.05 bits per heavy atom. The van der Waals surface area contributed by atoms with Gasteiger partial charge in [-0.2, -0.15) is 0 Å². The number of rotatable bonds is 11. The Morgan fingerprint density at radius 1 is 0.900 bits per heavy atom. The molecule has 0 aliphatic rings. The number of benzene rings is 1. The Kier molecular flexibility index (Phi) is 9.31. The van der Waals surface area contributed by atoms with Gasteiger partial charge in [-0.3, -0.25) is 0 Å². The van der Waals surface area contributed by atoms with Crippen LogP contribution in [0.4, 0.5) is 4.39 Å². The van der Waals surface area contributed by atoms with Crippen LogP contribution in [0.2, 0.25) is 0 Å². The highest BCUT2D eigenvalue weighted by molar-refractivity contribution is 5.19. The summed E-state index contributed by atoms with van der Waals surface area (Å²) in [5, 5.41) is 9.96. The van der Waals surface area contributed by atoms with Gasteiger partial charge < -0.3 is 5.11 Å². The van der Waals surface area contributed by atoms with E-state index in [1.807, 2.05) is 0 Å². The largest absolute Gasteiger partial charge is 0.388 e. The number of aliphatic hydroxyl groups excluding tert-OH is 1. The van der Waals surface area contributed by atoms with Gasteiger partial charge in [0.05, 0.1) is 6.10 Å². The summed E-state index contributed by atoms with van der Waals surface area (Å²) in [5.41, 5.74) is 0.437. The van der Waals surface area contributed by atoms with Crippen molar-refractivity contribution in [2.45, 2.75) is 77.2 Å². The van der Waals surface area contributed by atoms with E-state index in [0.717, 1.165) is 12.8 Å². The molecular formula is C18H29FO. The average Bonchev–Trinajstić information content (AvgIpc) is 2.46. The van der Waals surface area contributed by atoms with E-state index in [9.17, 15) is 9.50 Å². The first-order chi connectivity index (χ1) is 9.75. The summed E-state index contributed by atoms with van der Waals surface area (Å²) >= 11 is 0. The highest BCUT2D eigenvalue weighted by Crippen LogP contribution is 2.22. The molecule has 114 valence electrons. The monoisotopic (exact) mass is 280 g/mol. The van der Waals surface area contributed by atoms with Gasteiger partial charge in [0.15, 0.2) is 0 Å². The van der Waals surface area contributed by atoms with E-state index in [-0.39, 0.29) is 5.82 Å². The molecule has 2 heteroatoms. The lowest BCUT2D eigenvalue weighted by atomic mass is 10.0. The van der Waals surface area contributed by atoms with Crippen molar-refractivity contribution in [3.63, 3.8) is 0 Å². The standard InChI is InChI=1S/C18H29FO/c1-2-3-4-5-6-7-8-9-10-15-18(20)16-13-11-12-14-17(16)19/h11-14,18,20H,2-10,15H2,1H3. The zero-order valence-electron chi connectivity index (χ0n) is 12.8. The maximum absolute atomic E-state index is 13.5. The van der Waals surface area contributed by atoms with E-state index < -0.39 is 6.10 Å². The predicted octanol–water partition coefficient (Wildman–Crippen LogP) is 5.78. The van der Waals surface area contributed by atoms with Crippen LogP contribution < -0.4 is 0 Å². The highest BCUT2D eigenvalue weighted by Gasteiger charge is 2.11. The molecule has 0 aliphatic heterocycles. The molecule has 0 aliphatic carbocycles. The molecule has 0 saturated carbocycles. The van der Waals surface area contributed by atoms with Gasteiger partial charge in [0.25, 0.3) is 0 Å². The third-order valence-electron chi connectivity index (χ3n) is 3.85. The first kappa shape index (κ1) is 17.2. The van der Waals surface area contributed by atoms with E-state index in [0.29, 0.717) is 12.0 Å². The number of aliphatic hydroxyl groups is 1. The molecule has 1 rings (SSSR count). The van der Waals surface area contributed by atoms with Crippen molar-refractivity contribution < 1.29 is 9.50 Å². The van der Waals surface area contributed by atoms with Crippen LogP contribution in [-0.2, 0) is 0 Å². The van der Waals surface area contributed by atoms with Crippen LogP contribution in [-0.4, -0.2) is 5.11 Å². The summed E-state index contributed by atoms with van der Waals surface area (Å²) in [4.78, 5) is 0. The summed E-state index contributed by atoms with van der Waals surface area (Å²) in [7, 11) is 0. The molecule has 0 saturated heterocycles. The molecule has 0 radical (unpaired) electrons. The molecule has 0 fully saturated rings. The smallest absolute Gasteiger partial charge is 0.128 e. The van der Waals surface area contributed by atoms with Crippen LogP contribution >= 0.6 is 0 Å². The first-order valence-electron chi connectivity index (χ1n) is 8.18. The zero-order valence-corrected chi connectivity index (χ0v) is 12.8. The van der Waals surface area contributed by atoms with Crippen LogP contribution in [0.15, 0.2) is 24.3 Å². The summed E-state index contributed by atoms with van der Waals surface area (Å²) < 4.78 is 13.5. The molecular weight excluding hydrogens is 251 g/mol. The lowest BCUT2D eigenvalue weighted by Gasteiger charge is -2.11. The molecule has 0 heterocycles. The summed E-state index contributed by atoms with van der Waals surface area (Å²) in [6.07, 6.45) is 11.4. The minimum atomic E-state index is -0.652. The zero-order chi connectivity index (χ0) is 14.6. The molecule has 0 amide bonds. The van der Waals surface area contributed by atoms with Gasteiger partial charge in [0.2, 0.25) is 0 Å². The molecule has 0 aromatic heterocycles. The fraction of sp³-hybridized carbons (Fsp3) is 0.667. The van der Waals surface area contributed by atoms with Crippen LogP contribution in [0.25, 0.3) is 0 Å². The Balaban J connectivity index is 2.03. The van der Waals surface area contributed by atoms with E-state index in [1.54, 1.807) is 18.2 Å². The molecule has 0 spiro atoms. The number of hydrogen-bond donors (Lipinski definition) is 1. The van der Waals surface area contributed by atoms with Crippen molar-refractivity contribution in [3.05, 3.63) is 35.6 Å². The molecule has 1 aromatic carbocycles. The lowest BCUT2D eigenvalue weighted by molar-refractivity contribution is 0.159. The van der Waals surface area contributed by atoms with Gasteiger partial charge in [0.1, 0.15) is 5.82 Å². The fourth-order valence-electron chi connectivity index (χ4n) is 2.55. The van der Waals surface area contributed by atoms with Crippen molar-refractivity contribution in [1.29, 1.82) is 0 Å². The number of halogens is 1. The second kappa shape index (κ2) is 10.8. The lowest BCUT2D eigenvalue weighted by Crippen LogP contribution is -2.00. The molecule has 1 aromatic rings. The van der Waals surface area contributed by atoms with E-state index >= 15 is 0 Å². The molecule has 20 heavy (non-hydrogen) atoms. The topological polar surface area (TPSA) is 20.2 Å². The first-order valence-corrected chi connectivity index (χ1v) is 8.18. The predicted molar refractivity (Wildman–Crippen MR) is 83.2 cm³/mol. The molecule has 0 bridgehead atoms. The van der Waals surface area contributed by atoms with Crippen LogP contribution in [0, 0.1) is 5.82 Å². The summed E-state index contributed by atoms with van der Waals surface area (Å²) in [6.45, 7) is 2.24. The van der Waals surface area contributed by atoms with E-state index in [4.69, 9.17) is 0 Å². The van der Waals surface area contributed by atoms with Crippen molar-refractivity contribution in [2.75, 3.05) is 0 Å².